The lowest BCUT2D eigenvalue weighted by Gasteiger charge is -2.09. The van der Waals surface area contributed by atoms with E-state index in [-0.39, 0.29) is 6.79 Å². The van der Waals surface area contributed by atoms with Crippen molar-refractivity contribution in [2.45, 2.75) is 0 Å². The van der Waals surface area contributed by atoms with Crippen LogP contribution in [-0.2, 0) is 0 Å². The Balaban J connectivity index is 1.85. The van der Waals surface area contributed by atoms with E-state index in [9.17, 15) is 0 Å². The summed E-state index contributed by atoms with van der Waals surface area (Å²) >= 11 is 0. The van der Waals surface area contributed by atoms with Crippen LogP contribution in [0.1, 0.15) is 0 Å². The van der Waals surface area contributed by atoms with Gasteiger partial charge >= 0.3 is 0 Å². The molecule has 2 aromatic rings. The normalized spacial score (nSPS) is 12.4. The lowest BCUT2D eigenvalue weighted by molar-refractivity contribution is 0.174. The summed E-state index contributed by atoms with van der Waals surface area (Å²) in [5.41, 5.74) is 14.3. The van der Waals surface area contributed by atoms with Crippen LogP contribution >= 0.6 is 0 Å². The maximum absolute atomic E-state index is 5.75. The van der Waals surface area contributed by atoms with E-state index in [1.54, 1.807) is 12.1 Å². The zero-order valence-electron chi connectivity index (χ0n) is 9.64. The number of ether oxygens (including phenoxy) is 2. The van der Waals surface area contributed by atoms with Crippen molar-refractivity contribution < 1.29 is 9.47 Å². The highest BCUT2D eigenvalue weighted by Crippen LogP contribution is 2.35. The van der Waals surface area contributed by atoms with Crippen LogP contribution in [-0.4, -0.2) is 6.79 Å². The molecular weight excluding hydrogens is 230 g/mol. The molecule has 0 spiro atoms. The fraction of sp³-hybridized carbons (Fsp3) is 0.0769. The van der Waals surface area contributed by atoms with E-state index in [4.69, 9.17) is 20.9 Å². The monoisotopic (exact) mass is 243 g/mol. The maximum atomic E-state index is 5.75. The molecular formula is C13H13N3O2. The Morgan fingerprint density at radius 1 is 0.833 bits per heavy atom. The molecule has 3 rings (SSSR count). The summed E-state index contributed by atoms with van der Waals surface area (Å²) in [5, 5.41) is 3.23. The van der Waals surface area contributed by atoms with E-state index in [0.29, 0.717) is 11.4 Å². The molecule has 0 unspecified atom stereocenters. The van der Waals surface area contributed by atoms with Crippen molar-refractivity contribution in [2.75, 3.05) is 23.6 Å². The molecule has 1 aliphatic rings. The fourth-order valence-electron chi connectivity index (χ4n) is 1.79. The van der Waals surface area contributed by atoms with E-state index in [1.165, 1.54) is 0 Å². The minimum atomic E-state index is 0.271. The van der Waals surface area contributed by atoms with Gasteiger partial charge in [-0.25, -0.2) is 0 Å². The smallest absolute Gasteiger partial charge is 0.231 e. The first-order chi connectivity index (χ1) is 8.72. The number of benzene rings is 2. The van der Waals surface area contributed by atoms with Crippen LogP contribution in [0.2, 0.25) is 0 Å². The maximum Gasteiger partial charge on any atom is 0.231 e. The van der Waals surface area contributed by atoms with Gasteiger partial charge in [0.05, 0.1) is 11.4 Å². The van der Waals surface area contributed by atoms with E-state index < -0.39 is 0 Å². The lowest BCUT2D eigenvalue weighted by Crippen LogP contribution is -1.96. The second-order valence-corrected chi connectivity index (χ2v) is 4.04. The van der Waals surface area contributed by atoms with Gasteiger partial charge in [-0.1, -0.05) is 0 Å². The average molecular weight is 243 g/mol. The van der Waals surface area contributed by atoms with Gasteiger partial charge in [0.1, 0.15) is 0 Å². The van der Waals surface area contributed by atoms with Gasteiger partial charge in [-0.05, 0) is 30.3 Å². The molecule has 1 heterocycles. The lowest BCUT2D eigenvalue weighted by atomic mass is 10.2. The van der Waals surface area contributed by atoms with Gasteiger partial charge in [-0.15, -0.1) is 0 Å². The van der Waals surface area contributed by atoms with Gasteiger partial charge in [0.2, 0.25) is 6.79 Å². The third-order valence-corrected chi connectivity index (χ3v) is 2.75. The largest absolute Gasteiger partial charge is 0.454 e. The van der Waals surface area contributed by atoms with E-state index in [0.717, 1.165) is 22.9 Å². The molecule has 18 heavy (non-hydrogen) atoms. The second kappa shape index (κ2) is 4.03. The highest BCUT2D eigenvalue weighted by atomic mass is 16.7. The summed E-state index contributed by atoms with van der Waals surface area (Å²) < 4.78 is 10.6. The van der Waals surface area contributed by atoms with Gasteiger partial charge in [0, 0.05) is 17.4 Å². The zero-order chi connectivity index (χ0) is 12.5. The number of fused-ring (bicyclic) bond motifs is 1. The van der Waals surface area contributed by atoms with Crippen LogP contribution in [0.3, 0.4) is 0 Å². The number of nitrogens with two attached hydrogens (primary N) is 2. The Labute approximate surface area is 104 Å². The summed E-state index contributed by atoms with van der Waals surface area (Å²) in [5.74, 6) is 1.50. The summed E-state index contributed by atoms with van der Waals surface area (Å²) in [6.45, 7) is 0.271. The number of hydrogen-bond acceptors (Lipinski definition) is 5. The van der Waals surface area contributed by atoms with Crippen LogP contribution in [0.25, 0.3) is 0 Å². The molecule has 0 amide bonds. The summed E-state index contributed by atoms with van der Waals surface area (Å²) in [6.07, 6.45) is 0. The molecule has 0 atom stereocenters. The average Bonchev–Trinajstić information content (AvgIpc) is 2.81. The van der Waals surface area contributed by atoms with Crippen LogP contribution in [0, 0.1) is 0 Å². The molecule has 0 fully saturated rings. The van der Waals surface area contributed by atoms with E-state index in [1.807, 2.05) is 24.3 Å². The predicted molar refractivity (Wildman–Crippen MR) is 71.1 cm³/mol. The molecule has 0 saturated carbocycles. The van der Waals surface area contributed by atoms with Crippen molar-refractivity contribution in [3.63, 3.8) is 0 Å². The quantitative estimate of drug-likeness (QED) is 0.705. The first-order valence-electron chi connectivity index (χ1n) is 5.54. The Hall–Kier alpha value is -2.56. The predicted octanol–water partition coefficient (Wildman–Crippen LogP) is 2.32. The van der Waals surface area contributed by atoms with Gasteiger partial charge < -0.3 is 26.3 Å². The second-order valence-electron chi connectivity index (χ2n) is 4.04. The van der Waals surface area contributed by atoms with Crippen LogP contribution in [0.5, 0.6) is 11.5 Å². The van der Waals surface area contributed by atoms with Crippen LogP contribution < -0.4 is 26.3 Å². The molecule has 0 radical (unpaired) electrons. The Bertz CT molecular complexity index is 599. The summed E-state index contributed by atoms with van der Waals surface area (Å²) in [6, 6.07) is 11.1. The number of nitrogen functional groups attached to an aromatic ring is 2. The highest BCUT2D eigenvalue weighted by molar-refractivity contribution is 5.73. The van der Waals surface area contributed by atoms with Gasteiger partial charge in [0.25, 0.3) is 0 Å². The molecule has 1 aliphatic heterocycles. The molecule has 0 aromatic heterocycles. The van der Waals surface area contributed by atoms with Crippen molar-refractivity contribution in [3.8, 4) is 11.5 Å². The standard InChI is InChI=1S/C13H13N3O2/c14-10-3-1-8(5-11(10)15)16-9-2-4-12-13(6-9)18-7-17-12/h1-6,16H,7,14-15H2. The van der Waals surface area contributed by atoms with Crippen molar-refractivity contribution in [1.82, 2.24) is 0 Å². The molecule has 2 aromatic carbocycles. The van der Waals surface area contributed by atoms with Gasteiger partial charge in [0.15, 0.2) is 11.5 Å². The van der Waals surface area contributed by atoms with Crippen LogP contribution in [0.15, 0.2) is 36.4 Å². The van der Waals surface area contributed by atoms with Crippen molar-refractivity contribution >= 4 is 22.7 Å². The summed E-state index contributed by atoms with van der Waals surface area (Å²) in [7, 11) is 0. The fourth-order valence-corrected chi connectivity index (χ4v) is 1.79. The van der Waals surface area contributed by atoms with E-state index in [2.05, 4.69) is 5.32 Å². The topological polar surface area (TPSA) is 82.5 Å². The molecule has 92 valence electrons. The number of rotatable bonds is 2. The highest BCUT2D eigenvalue weighted by Gasteiger charge is 2.13. The van der Waals surface area contributed by atoms with Crippen molar-refractivity contribution in [2.24, 2.45) is 0 Å². The van der Waals surface area contributed by atoms with Crippen molar-refractivity contribution in [3.05, 3.63) is 36.4 Å². The number of nitrogens with one attached hydrogen (secondary N) is 1. The minimum Gasteiger partial charge on any atom is -0.454 e. The summed E-state index contributed by atoms with van der Waals surface area (Å²) in [4.78, 5) is 0. The molecule has 5 N–H and O–H groups in total. The Morgan fingerprint density at radius 3 is 2.39 bits per heavy atom. The first kappa shape index (κ1) is 10.6. The van der Waals surface area contributed by atoms with Gasteiger partial charge in [-0.3, -0.25) is 0 Å². The van der Waals surface area contributed by atoms with Gasteiger partial charge in [-0.2, -0.15) is 0 Å². The molecule has 5 heteroatoms. The third kappa shape index (κ3) is 1.86. The van der Waals surface area contributed by atoms with E-state index >= 15 is 0 Å². The van der Waals surface area contributed by atoms with Crippen molar-refractivity contribution in [1.29, 1.82) is 0 Å². The first-order valence-corrected chi connectivity index (χ1v) is 5.54. The third-order valence-electron chi connectivity index (χ3n) is 2.75. The number of anilines is 4. The molecule has 0 bridgehead atoms. The van der Waals surface area contributed by atoms with Crippen LogP contribution in [0.4, 0.5) is 22.7 Å². The Kier molecular flexibility index (Phi) is 2.37. The minimum absolute atomic E-state index is 0.271. The zero-order valence-corrected chi connectivity index (χ0v) is 9.64. The number of hydrogen-bond donors (Lipinski definition) is 3. The molecule has 0 aliphatic carbocycles. The molecule has 5 nitrogen and oxygen atoms in total. The SMILES string of the molecule is Nc1ccc(Nc2ccc3c(c2)OCO3)cc1N. The molecule has 0 saturated heterocycles. The Morgan fingerprint density at radius 2 is 1.56 bits per heavy atom.